The number of carbonyl (C=O) groups excluding carboxylic acids is 1. The maximum atomic E-state index is 12.0. The Labute approximate surface area is 157 Å². The van der Waals surface area contributed by atoms with Crippen LogP contribution in [0, 0.1) is 5.92 Å². The quantitative estimate of drug-likeness (QED) is 0.784. The van der Waals surface area contributed by atoms with E-state index < -0.39 is 6.09 Å². The molecule has 2 aromatic rings. The summed E-state index contributed by atoms with van der Waals surface area (Å²) >= 11 is 6.27. The van der Waals surface area contributed by atoms with Gasteiger partial charge in [0.25, 0.3) is 0 Å². The summed E-state index contributed by atoms with van der Waals surface area (Å²) in [6, 6.07) is 13.5. The lowest BCUT2D eigenvalue weighted by molar-refractivity contribution is 0.154. The molecule has 2 aliphatic heterocycles. The van der Waals surface area contributed by atoms with Crippen LogP contribution >= 0.6 is 11.6 Å². The van der Waals surface area contributed by atoms with Crippen molar-refractivity contribution in [3.8, 4) is 11.5 Å². The molecule has 0 radical (unpaired) electrons. The lowest BCUT2D eigenvalue weighted by atomic mass is 9.82. The van der Waals surface area contributed by atoms with E-state index in [9.17, 15) is 4.79 Å². The number of rotatable bonds is 1. The number of para-hydroxylation sites is 1. The maximum absolute atomic E-state index is 12.0. The van der Waals surface area contributed by atoms with Gasteiger partial charge in [0.2, 0.25) is 0 Å². The average molecular weight is 373 g/mol. The summed E-state index contributed by atoms with van der Waals surface area (Å²) in [6.45, 7) is 3.02. The SMILES string of the molecule is COC(=O)NC1C(C)CCN2c3cc(Cl)ccc3Oc3ccccc3C12. The fourth-order valence-corrected chi connectivity index (χ4v) is 4.12. The van der Waals surface area contributed by atoms with E-state index in [0.29, 0.717) is 10.9 Å². The number of hydrogen-bond acceptors (Lipinski definition) is 4. The molecule has 1 saturated heterocycles. The Bertz CT molecular complexity index is 842. The van der Waals surface area contributed by atoms with Crippen LogP contribution in [0.25, 0.3) is 0 Å². The second kappa shape index (κ2) is 6.72. The first kappa shape index (κ1) is 17.0. The van der Waals surface area contributed by atoms with E-state index in [-0.39, 0.29) is 12.1 Å². The zero-order valence-electron chi connectivity index (χ0n) is 14.7. The molecule has 6 heteroatoms. The lowest BCUT2D eigenvalue weighted by Crippen LogP contribution is -2.53. The number of halogens is 1. The number of amides is 1. The first-order chi connectivity index (χ1) is 12.6. The highest BCUT2D eigenvalue weighted by molar-refractivity contribution is 6.31. The molecule has 1 fully saturated rings. The third kappa shape index (κ3) is 2.86. The van der Waals surface area contributed by atoms with Crippen molar-refractivity contribution in [2.45, 2.75) is 25.4 Å². The van der Waals surface area contributed by atoms with Crippen molar-refractivity contribution in [2.24, 2.45) is 5.92 Å². The van der Waals surface area contributed by atoms with Gasteiger partial charge in [-0.05, 0) is 36.6 Å². The monoisotopic (exact) mass is 372 g/mol. The Morgan fingerprint density at radius 3 is 2.88 bits per heavy atom. The van der Waals surface area contributed by atoms with Gasteiger partial charge in [-0.3, -0.25) is 0 Å². The number of piperidine rings is 1. The minimum Gasteiger partial charge on any atom is -0.455 e. The number of carbonyl (C=O) groups is 1. The van der Waals surface area contributed by atoms with Gasteiger partial charge < -0.3 is 19.7 Å². The molecule has 136 valence electrons. The van der Waals surface area contributed by atoms with Gasteiger partial charge in [-0.15, -0.1) is 0 Å². The topological polar surface area (TPSA) is 50.8 Å². The molecule has 0 spiro atoms. The minimum atomic E-state index is -0.419. The van der Waals surface area contributed by atoms with Crippen molar-refractivity contribution in [1.29, 1.82) is 0 Å². The largest absolute Gasteiger partial charge is 0.455 e. The van der Waals surface area contributed by atoms with Gasteiger partial charge in [0.15, 0.2) is 5.75 Å². The first-order valence-corrected chi connectivity index (χ1v) is 9.13. The summed E-state index contributed by atoms with van der Waals surface area (Å²) in [5.74, 6) is 1.87. The summed E-state index contributed by atoms with van der Waals surface area (Å²) in [7, 11) is 1.39. The molecule has 3 atom stereocenters. The van der Waals surface area contributed by atoms with E-state index in [1.54, 1.807) is 0 Å². The molecular weight excluding hydrogens is 352 g/mol. The number of alkyl carbamates (subject to hydrolysis) is 1. The fraction of sp³-hybridized carbons (Fsp3) is 0.350. The van der Waals surface area contributed by atoms with Crippen molar-refractivity contribution in [2.75, 3.05) is 18.6 Å². The summed E-state index contributed by atoms with van der Waals surface area (Å²) < 4.78 is 11.1. The van der Waals surface area contributed by atoms with E-state index in [4.69, 9.17) is 21.1 Å². The van der Waals surface area contributed by atoms with Crippen molar-refractivity contribution in [3.63, 3.8) is 0 Å². The molecule has 2 aliphatic rings. The molecule has 0 aromatic heterocycles. The molecule has 0 aliphatic carbocycles. The summed E-state index contributed by atoms with van der Waals surface area (Å²) in [5.41, 5.74) is 2.00. The molecule has 2 heterocycles. The van der Waals surface area contributed by atoms with Crippen LogP contribution in [-0.2, 0) is 4.74 Å². The summed E-state index contributed by atoms with van der Waals surface area (Å²) in [6.07, 6.45) is 0.525. The lowest BCUT2D eigenvalue weighted by Gasteiger charge is -2.45. The van der Waals surface area contributed by atoms with Crippen LogP contribution in [0.4, 0.5) is 10.5 Å². The van der Waals surface area contributed by atoms with Crippen LogP contribution in [0.3, 0.4) is 0 Å². The molecule has 3 unspecified atom stereocenters. The molecule has 26 heavy (non-hydrogen) atoms. The third-order valence-electron chi connectivity index (χ3n) is 5.27. The molecule has 2 aromatic carbocycles. The fourth-order valence-electron chi connectivity index (χ4n) is 3.95. The number of nitrogens with zero attached hydrogens (tertiary/aromatic N) is 1. The Morgan fingerprint density at radius 2 is 2.08 bits per heavy atom. The van der Waals surface area contributed by atoms with Crippen LogP contribution in [0.2, 0.25) is 5.02 Å². The molecule has 1 amide bonds. The number of hydrogen-bond donors (Lipinski definition) is 1. The zero-order valence-corrected chi connectivity index (χ0v) is 15.5. The van der Waals surface area contributed by atoms with Crippen molar-refractivity contribution in [1.82, 2.24) is 5.32 Å². The summed E-state index contributed by atoms with van der Waals surface area (Å²) in [4.78, 5) is 14.3. The number of ether oxygens (including phenoxy) is 2. The normalized spacial score (nSPS) is 23.7. The van der Waals surface area contributed by atoms with Gasteiger partial charge in [-0.1, -0.05) is 36.7 Å². The smallest absolute Gasteiger partial charge is 0.407 e. The van der Waals surface area contributed by atoms with E-state index in [1.165, 1.54) is 7.11 Å². The number of nitrogens with one attached hydrogen (secondary N) is 1. The Kier molecular flexibility index (Phi) is 4.41. The first-order valence-electron chi connectivity index (χ1n) is 8.76. The Morgan fingerprint density at radius 1 is 1.27 bits per heavy atom. The highest BCUT2D eigenvalue weighted by atomic mass is 35.5. The van der Waals surface area contributed by atoms with Crippen molar-refractivity contribution < 1.29 is 14.3 Å². The van der Waals surface area contributed by atoms with Crippen LogP contribution in [0.5, 0.6) is 11.5 Å². The van der Waals surface area contributed by atoms with Crippen LogP contribution < -0.4 is 15.0 Å². The molecular formula is C20H21ClN2O3. The van der Waals surface area contributed by atoms with Gasteiger partial charge in [-0.2, -0.15) is 0 Å². The van der Waals surface area contributed by atoms with E-state index in [2.05, 4.69) is 23.2 Å². The van der Waals surface area contributed by atoms with E-state index in [1.807, 2.05) is 36.4 Å². The van der Waals surface area contributed by atoms with Crippen LogP contribution in [0.15, 0.2) is 42.5 Å². The second-order valence-corrected chi connectivity index (χ2v) is 7.25. The van der Waals surface area contributed by atoms with Crippen LogP contribution in [-0.4, -0.2) is 25.8 Å². The highest BCUT2D eigenvalue weighted by Crippen LogP contribution is 2.49. The van der Waals surface area contributed by atoms with Gasteiger partial charge >= 0.3 is 6.09 Å². The maximum Gasteiger partial charge on any atom is 0.407 e. The number of methoxy groups -OCH3 is 1. The molecule has 1 N–H and O–H groups in total. The standard InChI is InChI=1S/C20H21ClN2O3/c1-12-9-10-23-15-11-13(21)7-8-17(15)26-16-6-4-3-5-14(16)19(23)18(12)22-20(24)25-2/h3-8,11-12,18-19H,9-10H2,1-2H3,(H,22,24). The highest BCUT2D eigenvalue weighted by Gasteiger charge is 2.42. The van der Waals surface area contributed by atoms with E-state index >= 15 is 0 Å². The van der Waals surface area contributed by atoms with Crippen LogP contribution in [0.1, 0.15) is 24.9 Å². The van der Waals surface area contributed by atoms with Gasteiger partial charge in [0.05, 0.1) is 24.9 Å². The summed E-state index contributed by atoms with van der Waals surface area (Å²) in [5, 5.41) is 3.70. The van der Waals surface area contributed by atoms with Crippen molar-refractivity contribution in [3.05, 3.63) is 53.1 Å². The van der Waals surface area contributed by atoms with E-state index in [0.717, 1.165) is 35.7 Å². The molecule has 0 saturated carbocycles. The molecule has 4 rings (SSSR count). The average Bonchev–Trinajstić information content (AvgIpc) is 2.78. The van der Waals surface area contributed by atoms with Crippen molar-refractivity contribution >= 4 is 23.4 Å². The zero-order chi connectivity index (χ0) is 18.3. The number of fused-ring (bicyclic) bond motifs is 5. The number of anilines is 1. The second-order valence-electron chi connectivity index (χ2n) is 6.82. The van der Waals surface area contributed by atoms with Gasteiger partial charge in [0, 0.05) is 17.1 Å². The number of benzene rings is 2. The van der Waals surface area contributed by atoms with Gasteiger partial charge in [0.1, 0.15) is 5.75 Å². The molecule has 0 bridgehead atoms. The third-order valence-corrected chi connectivity index (χ3v) is 5.51. The minimum absolute atomic E-state index is 0.0613. The predicted molar refractivity (Wildman–Crippen MR) is 101 cm³/mol. The van der Waals surface area contributed by atoms with Gasteiger partial charge in [-0.25, -0.2) is 4.79 Å². The molecule has 5 nitrogen and oxygen atoms in total. The Hall–Kier alpha value is -2.40. The predicted octanol–water partition coefficient (Wildman–Crippen LogP) is 4.76. The Balaban J connectivity index is 1.87.